The Bertz CT molecular complexity index is 852. The van der Waals surface area contributed by atoms with Crippen LogP contribution in [0.1, 0.15) is 13.2 Å². The van der Waals surface area contributed by atoms with Crippen molar-refractivity contribution in [2.24, 2.45) is 0 Å². The molecule has 30 heavy (non-hydrogen) atoms. The zero-order valence-electron chi connectivity index (χ0n) is 20.0. The molecule has 8 nitrogen and oxygen atoms in total. The lowest BCUT2D eigenvalue weighted by atomic mass is 9.96. The first-order valence-electron chi connectivity index (χ1n) is 10.4. The lowest BCUT2D eigenvalue weighted by molar-refractivity contribution is -0.0860. The van der Waals surface area contributed by atoms with Crippen molar-refractivity contribution in [1.29, 1.82) is 0 Å². The van der Waals surface area contributed by atoms with Gasteiger partial charge in [0.05, 0.1) is 6.61 Å². The number of hydrogen-bond donors (Lipinski definition) is 1. The second kappa shape index (κ2) is 8.60. The van der Waals surface area contributed by atoms with Crippen molar-refractivity contribution >= 4 is 25.0 Å². The summed E-state index contributed by atoms with van der Waals surface area (Å²) in [4.78, 5) is 26.6. The fourth-order valence-corrected chi connectivity index (χ4v) is 6.98. The fourth-order valence-electron chi connectivity index (χ4n) is 3.64. The molecule has 1 fully saturated rings. The molecule has 172 valence electrons. The second-order valence-electron chi connectivity index (χ2n) is 11.0. The Balaban J connectivity index is 2.57. The third kappa shape index (κ3) is 6.58. The Labute approximate surface area is 182 Å². The zero-order chi connectivity index (χ0) is 23.1. The molecule has 0 amide bonds. The summed E-state index contributed by atoms with van der Waals surface area (Å²) in [7, 11) is -5.86. The van der Waals surface area contributed by atoms with Crippen LogP contribution in [0.4, 0.5) is 0 Å². The van der Waals surface area contributed by atoms with Gasteiger partial charge in [0, 0.05) is 12.3 Å². The van der Waals surface area contributed by atoms with E-state index in [0.29, 0.717) is 6.61 Å². The molecule has 2 unspecified atom stereocenters. The summed E-state index contributed by atoms with van der Waals surface area (Å²) in [6, 6.07) is 1.32. The topological polar surface area (TPSA) is 91.8 Å². The Hall–Kier alpha value is -0.829. The van der Waals surface area contributed by atoms with Crippen LogP contribution in [0.15, 0.2) is 21.9 Å². The zero-order valence-corrected chi connectivity index (χ0v) is 23.0. The van der Waals surface area contributed by atoms with E-state index in [9.17, 15) is 9.59 Å². The normalized spacial score (nSPS) is 28.1. The van der Waals surface area contributed by atoms with Gasteiger partial charge in [-0.3, -0.25) is 14.3 Å². The second-order valence-corrected chi connectivity index (χ2v) is 24.4. The van der Waals surface area contributed by atoms with Gasteiger partial charge in [-0.15, -0.1) is 0 Å². The summed E-state index contributed by atoms with van der Waals surface area (Å²) < 4.78 is 27.3. The summed E-state index contributed by atoms with van der Waals surface area (Å²) in [5, 5.41) is 0. The minimum absolute atomic E-state index is 0.365. The van der Waals surface area contributed by atoms with Crippen molar-refractivity contribution in [3.05, 3.63) is 33.1 Å². The summed E-state index contributed by atoms with van der Waals surface area (Å²) in [5.74, 6) is 0. The minimum Gasteiger partial charge on any atom is -0.415 e. The van der Waals surface area contributed by atoms with Gasteiger partial charge in [0.1, 0.15) is 17.8 Å². The smallest absolute Gasteiger partial charge is 0.330 e. The number of nitrogens with one attached hydrogen (secondary N) is 1. The van der Waals surface area contributed by atoms with Gasteiger partial charge in [-0.05, 0) is 65.8 Å². The van der Waals surface area contributed by atoms with Gasteiger partial charge in [-0.25, -0.2) is 4.79 Å². The van der Waals surface area contributed by atoms with Crippen molar-refractivity contribution in [2.75, 3.05) is 6.61 Å². The molecule has 0 aliphatic carbocycles. The highest BCUT2D eigenvalue weighted by atomic mass is 28.4. The molecule has 0 spiro atoms. The highest BCUT2D eigenvalue weighted by molar-refractivity contribution is 6.70. The Kier molecular flexibility index (Phi) is 7.29. The third-order valence-electron chi connectivity index (χ3n) is 4.49. The monoisotopic (exact) mass is 474 g/mol. The maximum atomic E-state index is 12.6. The molecular weight excluding hydrogens is 436 g/mol. The molecule has 4 atom stereocenters. The molecule has 1 aromatic heterocycles. The molecule has 1 aliphatic heterocycles. The molecule has 1 N–H and O–H groups in total. The Morgan fingerprint density at radius 3 is 2.10 bits per heavy atom. The fraction of sp³-hybridized carbons (Fsp3) is 0.789. The number of aromatic amines is 1. The average Bonchev–Trinajstić information content (AvgIpc) is 2.74. The van der Waals surface area contributed by atoms with Gasteiger partial charge in [-0.2, -0.15) is 0 Å². The van der Waals surface area contributed by atoms with Crippen LogP contribution in [0.25, 0.3) is 0 Å². The highest BCUT2D eigenvalue weighted by Crippen LogP contribution is 2.45. The Morgan fingerprint density at radius 2 is 1.63 bits per heavy atom. The van der Waals surface area contributed by atoms with Crippen molar-refractivity contribution < 1.29 is 18.0 Å². The Morgan fingerprint density at radius 1 is 1.03 bits per heavy atom. The predicted molar refractivity (Wildman–Crippen MR) is 126 cm³/mol. The molecule has 0 aromatic carbocycles. The van der Waals surface area contributed by atoms with Crippen molar-refractivity contribution in [3.63, 3.8) is 0 Å². The van der Waals surface area contributed by atoms with Crippen molar-refractivity contribution in [2.45, 2.75) is 89.9 Å². The molecule has 1 saturated heterocycles. The molecular formula is C19H38N2O6Si3. The summed E-state index contributed by atoms with van der Waals surface area (Å²) >= 11 is 0. The summed E-state index contributed by atoms with van der Waals surface area (Å²) in [5.41, 5.74) is -1.90. The summed E-state index contributed by atoms with van der Waals surface area (Å²) in [6.45, 7) is 21.4. The van der Waals surface area contributed by atoms with Crippen LogP contribution in [0.3, 0.4) is 0 Å². The first-order chi connectivity index (χ1) is 13.4. The van der Waals surface area contributed by atoms with Gasteiger partial charge >= 0.3 is 5.69 Å². The van der Waals surface area contributed by atoms with Crippen molar-refractivity contribution in [1.82, 2.24) is 9.55 Å². The molecule has 2 heterocycles. The lowest BCUT2D eigenvalue weighted by Crippen LogP contribution is -2.56. The maximum absolute atomic E-state index is 12.6. The minimum atomic E-state index is -2.07. The van der Waals surface area contributed by atoms with E-state index < -0.39 is 60.2 Å². The van der Waals surface area contributed by atoms with Crippen LogP contribution >= 0.6 is 0 Å². The quantitative estimate of drug-likeness (QED) is 0.582. The van der Waals surface area contributed by atoms with Crippen LogP contribution in [0.2, 0.25) is 58.9 Å². The van der Waals surface area contributed by atoms with E-state index in [1.807, 2.05) is 6.92 Å². The number of nitrogens with zero attached hydrogens (tertiary/aromatic N) is 1. The number of hydrogen-bond acceptors (Lipinski definition) is 6. The average molecular weight is 475 g/mol. The predicted octanol–water partition coefficient (Wildman–Crippen LogP) is 3.12. The SMILES string of the molecule is CC1(O[Si](C)(C)C)C(O[Si](C)(C)C)[C@@H](CO[Si](C)(C)C)O[C@H]1n1ccc(=O)[nH]c1=O. The molecule has 0 radical (unpaired) electrons. The van der Waals surface area contributed by atoms with E-state index in [1.165, 1.54) is 16.8 Å². The molecule has 11 heteroatoms. The van der Waals surface area contributed by atoms with Crippen LogP contribution in [0, 0.1) is 0 Å². The number of ether oxygens (including phenoxy) is 1. The number of H-pyrrole nitrogens is 1. The first kappa shape index (κ1) is 25.4. The van der Waals surface area contributed by atoms with E-state index in [2.05, 4.69) is 63.9 Å². The molecule has 2 rings (SSSR count). The van der Waals surface area contributed by atoms with Crippen LogP contribution in [-0.4, -0.2) is 58.9 Å². The number of aromatic nitrogens is 2. The summed E-state index contributed by atoms with van der Waals surface area (Å²) in [6.07, 6.45) is -0.0832. The molecule has 0 bridgehead atoms. The van der Waals surface area contributed by atoms with Crippen LogP contribution in [0.5, 0.6) is 0 Å². The van der Waals surface area contributed by atoms with Gasteiger partial charge < -0.3 is 18.0 Å². The van der Waals surface area contributed by atoms with Gasteiger partial charge in [0.2, 0.25) is 0 Å². The van der Waals surface area contributed by atoms with Crippen LogP contribution in [-0.2, 0) is 18.0 Å². The van der Waals surface area contributed by atoms with Gasteiger partial charge in [-0.1, -0.05) is 0 Å². The molecule has 0 saturated carbocycles. The van der Waals surface area contributed by atoms with E-state index in [1.54, 1.807) is 0 Å². The molecule has 1 aliphatic rings. The van der Waals surface area contributed by atoms with Crippen LogP contribution < -0.4 is 11.2 Å². The van der Waals surface area contributed by atoms with Crippen molar-refractivity contribution in [3.8, 4) is 0 Å². The van der Waals surface area contributed by atoms with E-state index >= 15 is 0 Å². The standard InChI is InChI=1S/C19H38N2O6Si3/c1-19(27-30(8,9)10)16(26-29(5,6)7)14(13-24-28(2,3)4)25-17(19)21-12-11-15(22)20-18(21)23/h11-12,14,16-17H,13H2,1-10H3,(H,20,22,23)/t14-,16?,17-,19?/m1/s1. The first-order valence-corrected chi connectivity index (χ1v) is 20.6. The van der Waals surface area contributed by atoms with E-state index in [-0.39, 0.29) is 0 Å². The largest absolute Gasteiger partial charge is 0.415 e. The van der Waals surface area contributed by atoms with E-state index in [0.717, 1.165) is 0 Å². The van der Waals surface area contributed by atoms with Gasteiger partial charge in [0.15, 0.2) is 31.2 Å². The van der Waals surface area contributed by atoms with E-state index in [4.69, 9.17) is 18.0 Å². The maximum Gasteiger partial charge on any atom is 0.330 e. The number of rotatable bonds is 8. The third-order valence-corrected chi connectivity index (χ3v) is 7.53. The van der Waals surface area contributed by atoms with Gasteiger partial charge in [0.25, 0.3) is 5.56 Å². The molecule has 1 aromatic rings. The lowest BCUT2D eigenvalue weighted by Gasteiger charge is -2.42. The highest BCUT2D eigenvalue weighted by Gasteiger charge is 2.58.